The quantitative estimate of drug-likeness (QED) is 0.803. The fourth-order valence-corrected chi connectivity index (χ4v) is 2.42. The Hall–Kier alpha value is -2.29. The van der Waals surface area contributed by atoms with Gasteiger partial charge in [0.2, 0.25) is 0 Å². The van der Waals surface area contributed by atoms with Gasteiger partial charge in [0.15, 0.2) is 6.61 Å². The zero-order valence-electron chi connectivity index (χ0n) is 14.4. The molecule has 3 heteroatoms. The third-order valence-electron chi connectivity index (χ3n) is 3.83. The van der Waals surface area contributed by atoms with Gasteiger partial charge in [-0.25, -0.2) is 0 Å². The van der Waals surface area contributed by atoms with E-state index in [4.69, 9.17) is 4.74 Å². The fraction of sp³-hybridized carbons (Fsp3) is 0.350. The van der Waals surface area contributed by atoms with Crippen molar-refractivity contribution in [3.05, 3.63) is 65.2 Å². The van der Waals surface area contributed by atoms with Crippen LogP contribution in [0.15, 0.2) is 48.5 Å². The molecule has 1 amide bonds. The Morgan fingerprint density at radius 2 is 1.78 bits per heavy atom. The first-order chi connectivity index (χ1) is 11.0. The lowest BCUT2D eigenvalue weighted by Crippen LogP contribution is -2.39. The molecule has 0 aromatic heterocycles. The summed E-state index contributed by atoms with van der Waals surface area (Å²) in [5.74, 6) is 0.784. The molecular weight excluding hydrogens is 286 g/mol. The van der Waals surface area contributed by atoms with E-state index in [0.717, 1.165) is 22.4 Å². The Morgan fingerprint density at radius 3 is 2.43 bits per heavy atom. The summed E-state index contributed by atoms with van der Waals surface area (Å²) >= 11 is 0. The van der Waals surface area contributed by atoms with Crippen LogP contribution in [0.25, 0.3) is 0 Å². The van der Waals surface area contributed by atoms with Gasteiger partial charge in [0.1, 0.15) is 5.75 Å². The first kappa shape index (κ1) is 17.1. The van der Waals surface area contributed by atoms with Crippen LogP contribution in [-0.2, 0) is 11.3 Å². The van der Waals surface area contributed by atoms with E-state index in [1.165, 1.54) is 0 Å². The second kappa shape index (κ2) is 7.82. The summed E-state index contributed by atoms with van der Waals surface area (Å²) in [5.41, 5.74) is 3.30. The lowest BCUT2D eigenvalue weighted by atomic mass is 10.1. The van der Waals surface area contributed by atoms with Gasteiger partial charge in [-0.1, -0.05) is 42.5 Å². The molecule has 0 aliphatic heterocycles. The lowest BCUT2D eigenvalue weighted by Gasteiger charge is -2.27. The summed E-state index contributed by atoms with van der Waals surface area (Å²) in [6.45, 7) is 8.73. The summed E-state index contributed by atoms with van der Waals surface area (Å²) < 4.78 is 5.76. The van der Waals surface area contributed by atoms with Crippen molar-refractivity contribution >= 4 is 5.91 Å². The molecule has 0 spiro atoms. The zero-order valence-corrected chi connectivity index (χ0v) is 14.4. The van der Waals surface area contributed by atoms with E-state index in [0.29, 0.717) is 6.54 Å². The molecule has 0 bridgehead atoms. The number of carbonyl (C=O) groups excluding carboxylic acids is 1. The Balaban J connectivity index is 2.02. The van der Waals surface area contributed by atoms with Gasteiger partial charge in [-0.05, 0) is 50.5 Å². The van der Waals surface area contributed by atoms with Crippen molar-refractivity contribution < 1.29 is 9.53 Å². The van der Waals surface area contributed by atoms with Crippen LogP contribution in [0, 0.1) is 13.8 Å². The van der Waals surface area contributed by atoms with Crippen LogP contribution < -0.4 is 4.74 Å². The van der Waals surface area contributed by atoms with Crippen molar-refractivity contribution in [3.8, 4) is 5.75 Å². The highest BCUT2D eigenvalue weighted by Crippen LogP contribution is 2.19. The Morgan fingerprint density at radius 1 is 1.09 bits per heavy atom. The number of rotatable bonds is 6. The van der Waals surface area contributed by atoms with E-state index < -0.39 is 0 Å². The average molecular weight is 311 g/mol. The first-order valence-corrected chi connectivity index (χ1v) is 8.01. The maximum absolute atomic E-state index is 12.6. The molecule has 0 saturated carbocycles. The molecule has 0 N–H and O–H groups in total. The van der Waals surface area contributed by atoms with E-state index >= 15 is 0 Å². The molecule has 0 aliphatic carbocycles. The van der Waals surface area contributed by atoms with Crippen molar-refractivity contribution in [3.63, 3.8) is 0 Å². The highest BCUT2D eigenvalue weighted by Gasteiger charge is 2.18. The number of nitrogens with zero attached hydrogens (tertiary/aromatic N) is 1. The van der Waals surface area contributed by atoms with Crippen molar-refractivity contribution in [2.75, 3.05) is 6.61 Å². The molecule has 2 aromatic carbocycles. The van der Waals surface area contributed by atoms with Crippen molar-refractivity contribution in [2.24, 2.45) is 0 Å². The van der Waals surface area contributed by atoms with Crippen LogP contribution in [0.1, 0.15) is 30.5 Å². The summed E-state index contributed by atoms with van der Waals surface area (Å²) in [6.07, 6.45) is 0. The van der Waals surface area contributed by atoms with Crippen LogP contribution >= 0.6 is 0 Å². The van der Waals surface area contributed by atoms with Crippen molar-refractivity contribution in [2.45, 2.75) is 40.3 Å². The number of benzene rings is 2. The van der Waals surface area contributed by atoms with Gasteiger partial charge in [-0.15, -0.1) is 0 Å². The topological polar surface area (TPSA) is 29.5 Å². The molecule has 0 radical (unpaired) electrons. The Kier molecular flexibility index (Phi) is 5.80. The zero-order chi connectivity index (χ0) is 16.8. The molecular formula is C20H25NO2. The van der Waals surface area contributed by atoms with Crippen molar-refractivity contribution in [1.82, 2.24) is 4.90 Å². The summed E-state index contributed by atoms with van der Waals surface area (Å²) in [4.78, 5) is 14.4. The fourth-order valence-electron chi connectivity index (χ4n) is 2.42. The second-order valence-electron chi connectivity index (χ2n) is 6.16. The van der Waals surface area contributed by atoms with Gasteiger partial charge in [-0.3, -0.25) is 4.79 Å². The third-order valence-corrected chi connectivity index (χ3v) is 3.83. The van der Waals surface area contributed by atoms with E-state index in [1.807, 2.05) is 81.1 Å². The molecule has 0 saturated heterocycles. The standard InChI is InChI=1S/C20H25NO2/c1-15(2)21(13-18-8-6-5-7-9-18)20(22)14-23-19-12-16(3)10-11-17(19)4/h5-12,15H,13-14H2,1-4H3. The predicted octanol–water partition coefficient (Wildman–Crippen LogP) is 4.12. The number of hydrogen-bond acceptors (Lipinski definition) is 2. The maximum Gasteiger partial charge on any atom is 0.261 e. The minimum absolute atomic E-state index is 0.00441. The molecule has 0 atom stereocenters. The maximum atomic E-state index is 12.6. The number of ether oxygens (including phenoxy) is 1. The first-order valence-electron chi connectivity index (χ1n) is 8.01. The SMILES string of the molecule is Cc1ccc(C)c(OCC(=O)N(Cc2ccccc2)C(C)C)c1. The molecule has 0 unspecified atom stereocenters. The monoisotopic (exact) mass is 311 g/mol. The van der Waals surface area contributed by atoms with Crippen LogP contribution in [0.4, 0.5) is 0 Å². The highest BCUT2D eigenvalue weighted by atomic mass is 16.5. The number of hydrogen-bond donors (Lipinski definition) is 0. The van der Waals surface area contributed by atoms with E-state index in [-0.39, 0.29) is 18.6 Å². The lowest BCUT2D eigenvalue weighted by molar-refractivity contribution is -0.135. The predicted molar refractivity (Wildman–Crippen MR) is 93.5 cm³/mol. The van der Waals surface area contributed by atoms with Gasteiger partial charge in [0.25, 0.3) is 5.91 Å². The third kappa shape index (κ3) is 4.85. The van der Waals surface area contributed by atoms with Crippen LogP contribution in [0.5, 0.6) is 5.75 Å². The molecule has 122 valence electrons. The molecule has 23 heavy (non-hydrogen) atoms. The number of carbonyl (C=O) groups is 1. The van der Waals surface area contributed by atoms with Gasteiger partial charge in [0, 0.05) is 12.6 Å². The largest absolute Gasteiger partial charge is 0.483 e. The average Bonchev–Trinajstić information content (AvgIpc) is 2.54. The normalized spacial score (nSPS) is 10.7. The van der Waals surface area contributed by atoms with Crippen LogP contribution in [0.2, 0.25) is 0 Å². The molecule has 0 fully saturated rings. The van der Waals surface area contributed by atoms with Gasteiger partial charge < -0.3 is 9.64 Å². The summed E-state index contributed by atoms with van der Waals surface area (Å²) in [6, 6.07) is 16.2. The smallest absolute Gasteiger partial charge is 0.261 e. The molecule has 3 nitrogen and oxygen atoms in total. The number of aryl methyl sites for hydroxylation is 2. The van der Waals surface area contributed by atoms with Gasteiger partial charge in [-0.2, -0.15) is 0 Å². The summed E-state index contributed by atoms with van der Waals surface area (Å²) in [7, 11) is 0. The van der Waals surface area contributed by atoms with E-state index in [9.17, 15) is 4.79 Å². The number of amides is 1. The van der Waals surface area contributed by atoms with Crippen molar-refractivity contribution in [1.29, 1.82) is 0 Å². The Bertz CT molecular complexity index is 650. The molecule has 0 heterocycles. The van der Waals surface area contributed by atoms with Crippen LogP contribution in [0.3, 0.4) is 0 Å². The van der Waals surface area contributed by atoms with Crippen LogP contribution in [-0.4, -0.2) is 23.5 Å². The molecule has 2 aromatic rings. The van der Waals surface area contributed by atoms with E-state index in [1.54, 1.807) is 0 Å². The summed E-state index contributed by atoms with van der Waals surface area (Å²) in [5, 5.41) is 0. The van der Waals surface area contributed by atoms with E-state index in [2.05, 4.69) is 0 Å². The van der Waals surface area contributed by atoms with Gasteiger partial charge in [0.05, 0.1) is 0 Å². The minimum atomic E-state index is 0.00441. The highest BCUT2D eigenvalue weighted by molar-refractivity contribution is 5.78. The van der Waals surface area contributed by atoms with Gasteiger partial charge >= 0.3 is 0 Å². The minimum Gasteiger partial charge on any atom is -0.483 e. The Labute approximate surface area is 138 Å². The molecule has 2 rings (SSSR count). The second-order valence-corrected chi connectivity index (χ2v) is 6.16. The molecule has 0 aliphatic rings.